The molecular weight excluding hydrogens is 344 g/mol. The van der Waals surface area contributed by atoms with Crippen LogP contribution < -0.4 is 0 Å². The van der Waals surface area contributed by atoms with E-state index < -0.39 is 17.1 Å². The molecule has 1 aromatic carbocycles. The van der Waals surface area contributed by atoms with E-state index >= 15 is 0 Å². The van der Waals surface area contributed by atoms with Gasteiger partial charge >= 0.3 is 5.97 Å². The third-order valence-electron chi connectivity index (χ3n) is 4.07. The van der Waals surface area contributed by atoms with Crippen molar-refractivity contribution in [2.24, 2.45) is 0 Å². The number of hydrogen-bond donors (Lipinski definition) is 0. The largest absolute Gasteiger partial charge is 0.462 e. The van der Waals surface area contributed by atoms with Crippen LogP contribution in [0.1, 0.15) is 22.0 Å². The Labute approximate surface area is 148 Å². The molecule has 0 fully saturated rings. The highest BCUT2D eigenvalue weighted by molar-refractivity contribution is 7.10. The van der Waals surface area contributed by atoms with E-state index in [4.69, 9.17) is 4.74 Å². The normalized spacial score (nSPS) is 15.2. The van der Waals surface area contributed by atoms with Crippen LogP contribution in [0.5, 0.6) is 0 Å². The van der Waals surface area contributed by atoms with Crippen LogP contribution in [-0.4, -0.2) is 35.7 Å². The molecule has 0 radical (unpaired) electrons. The number of nitrogens with zero attached hydrogens (tertiary/aromatic N) is 2. The average Bonchev–Trinajstić information content (AvgIpc) is 3.07. The summed E-state index contributed by atoms with van der Waals surface area (Å²) < 4.78 is 5.22. The second kappa shape index (κ2) is 8.09. The molecule has 0 amide bonds. The standard InChI is InChI=1S/C17H18N2O5S/c20-17(23-9-10-24-19(21)22)16(13-4-2-1-3-5-13)18-8-6-15-14(12-18)7-11-25-15/h1-5,7,11,16H,6,8-10,12H2. The Balaban J connectivity index is 1.72. The van der Waals surface area contributed by atoms with Crippen LogP contribution in [0.4, 0.5) is 0 Å². The Kier molecular flexibility index (Phi) is 5.62. The summed E-state index contributed by atoms with van der Waals surface area (Å²) >= 11 is 1.74. The lowest BCUT2D eigenvalue weighted by Crippen LogP contribution is -2.38. The van der Waals surface area contributed by atoms with E-state index in [1.54, 1.807) is 11.3 Å². The van der Waals surface area contributed by atoms with Gasteiger partial charge in [-0.3, -0.25) is 4.90 Å². The maximum Gasteiger partial charge on any atom is 0.328 e. The molecule has 1 aromatic heterocycles. The van der Waals surface area contributed by atoms with Gasteiger partial charge in [-0.1, -0.05) is 30.3 Å². The van der Waals surface area contributed by atoms with Gasteiger partial charge in [-0.25, -0.2) is 4.79 Å². The minimum atomic E-state index is -0.898. The average molecular weight is 362 g/mol. The van der Waals surface area contributed by atoms with E-state index in [-0.39, 0.29) is 13.2 Å². The smallest absolute Gasteiger partial charge is 0.328 e. The van der Waals surface area contributed by atoms with Crippen molar-refractivity contribution in [1.29, 1.82) is 0 Å². The molecule has 0 spiro atoms. The zero-order valence-corrected chi connectivity index (χ0v) is 14.3. The first-order valence-electron chi connectivity index (χ1n) is 7.93. The number of ether oxygens (including phenoxy) is 1. The van der Waals surface area contributed by atoms with Gasteiger partial charge in [0.25, 0.3) is 5.09 Å². The monoisotopic (exact) mass is 362 g/mol. The maximum atomic E-state index is 12.7. The molecule has 0 saturated carbocycles. The summed E-state index contributed by atoms with van der Waals surface area (Å²) in [6.45, 7) is 1.02. The van der Waals surface area contributed by atoms with Crippen molar-refractivity contribution in [3.05, 3.63) is 67.9 Å². The van der Waals surface area contributed by atoms with Crippen molar-refractivity contribution >= 4 is 17.3 Å². The number of fused-ring (bicyclic) bond motifs is 1. The first-order valence-corrected chi connectivity index (χ1v) is 8.81. The van der Waals surface area contributed by atoms with Gasteiger partial charge in [-0.2, -0.15) is 0 Å². The van der Waals surface area contributed by atoms with Crippen LogP contribution >= 0.6 is 11.3 Å². The van der Waals surface area contributed by atoms with Crippen LogP contribution in [0, 0.1) is 10.1 Å². The number of benzene rings is 1. The molecular formula is C17H18N2O5S. The Bertz CT molecular complexity index is 734. The maximum absolute atomic E-state index is 12.7. The fourth-order valence-corrected chi connectivity index (χ4v) is 3.84. The fourth-order valence-electron chi connectivity index (χ4n) is 2.95. The lowest BCUT2D eigenvalue weighted by atomic mass is 10.0. The Morgan fingerprint density at radius 2 is 2.08 bits per heavy atom. The van der Waals surface area contributed by atoms with Gasteiger partial charge in [0.05, 0.1) is 0 Å². The summed E-state index contributed by atoms with van der Waals surface area (Å²) in [6.07, 6.45) is 0.897. The summed E-state index contributed by atoms with van der Waals surface area (Å²) in [6, 6.07) is 11.0. The molecule has 2 heterocycles. The van der Waals surface area contributed by atoms with Gasteiger partial charge in [0.1, 0.15) is 19.3 Å². The van der Waals surface area contributed by atoms with Crippen LogP contribution in [0.2, 0.25) is 0 Å². The summed E-state index contributed by atoms with van der Waals surface area (Å²) in [5, 5.41) is 11.3. The first kappa shape index (κ1) is 17.4. The number of carbonyl (C=O) groups is 1. The zero-order valence-electron chi connectivity index (χ0n) is 13.5. The van der Waals surface area contributed by atoms with Gasteiger partial charge < -0.3 is 9.57 Å². The third kappa shape index (κ3) is 4.34. The SMILES string of the molecule is O=C(OCCO[N+](=O)[O-])C(c1ccccc1)N1CCc2sccc2C1. The number of carbonyl (C=O) groups excluding carboxylic acids is 1. The van der Waals surface area contributed by atoms with Crippen molar-refractivity contribution in [2.45, 2.75) is 19.0 Å². The van der Waals surface area contributed by atoms with Crippen molar-refractivity contribution < 1.29 is 19.5 Å². The van der Waals surface area contributed by atoms with E-state index in [9.17, 15) is 14.9 Å². The molecule has 1 unspecified atom stereocenters. The summed E-state index contributed by atoms with van der Waals surface area (Å²) in [5.74, 6) is -0.420. The predicted molar refractivity (Wildman–Crippen MR) is 91.5 cm³/mol. The Morgan fingerprint density at radius 3 is 2.84 bits per heavy atom. The summed E-state index contributed by atoms with van der Waals surface area (Å²) in [7, 11) is 0. The molecule has 1 aliphatic rings. The lowest BCUT2D eigenvalue weighted by Gasteiger charge is -2.33. The van der Waals surface area contributed by atoms with Gasteiger partial charge in [-0.15, -0.1) is 21.5 Å². The first-order chi connectivity index (χ1) is 12.1. The number of rotatable bonds is 7. The van der Waals surface area contributed by atoms with E-state index in [0.29, 0.717) is 6.54 Å². The van der Waals surface area contributed by atoms with Crippen molar-refractivity contribution in [3.63, 3.8) is 0 Å². The van der Waals surface area contributed by atoms with E-state index in [1.165, 1.54) is 10.4 Å². The second-order valence-electron chi connectivity index (χ2n) is 5.63. The molecule has 1 aliphatic heterocycles. The molecule has 7 nitrogen and oxygen atoms in total. The molecule has 0 saturated heterocycles. The highest BCUT2D eigenvalue weighted by Gasteiger charge is 2.31. The van der Waals surface area contributed by atoms with E-state index in [0.717, 1.165) is 18.5 Å². The van der Waals surface area contributed by atoms with Crippen LogP contribution in [0.3, 0.4) is 0 Å². The van der Waals surface area contributed by atoms with Crippen molar-refractivity contribution in [2.75, 3.05) is 19.8 Å². The van der Waals surface area contributed by atoms with E-state index in [1.807, 2.05) is 30.3 Å². The summed E-state index contributed by atoms with van der Waals surface area (Å²) in [4.78, 5) is 30.5. The Morgan fingerprint density at radius 1 is 1.28 bits per heavy atom. The topological polar surface area (TPSA) is 81.9 Å². The minimum absolute atomic E-state index is 0.152. The van der Waals surface area contributed by atoms with Gasteiger partial charge in [-0.05, 0) is 29.0 Å². The lowest BCUT2D eigenvalue weighted by molar-refractivity contribution is -0.757. The van der Waals surface area contributed by atoms with E-state index in [2.05, 4.69) is 21.2 Å². The summed E-state index contributed by atoms with van der Waals surface area (Å²) in [5.41, 5.74) is 2.09. The molecule has 3 rings (SSSR count). The van der Waals surface area contributed by atoms with Crippen LogP contribution in [0.25, 0.3) is 0 Å². The number of thiophene rings is 1. The van der Waals surface area contributed by atoms with Crippen molar-refractivity contribution in [3.8, 4) is 0 Å². The minimum Gasteiger partial charge on any atom is -0.462 e. The van der Waals surface area contributed by atoms with Gasteiger partial charge in [0.2, 0.25) is 0 Å². The quantitative estimate of drug-likeness (QED) is 0.326. The van der Waals surface area contributed by atoms with Crippen molar-refractivity contribution in [1.82, 2.24) is 4.90 Å². The second-order valence-corrected chi connectivity index (χ2v) is 6.63. The predicted octanol–water partition coefficient (Wildman–Crippen LogP) is 2.60. The molecule has 25 heavy (non-hydrogen) atoms. The van der Waals surface area contributed by atoms with Gasteiger partial charge in [0, 0.05) is 18.0 Å². The number of hydrogen-bond acceptors (Lipinski definition) is 7. The molecule has 8 heteroatoms. The van der Waals surface area contributed by atoms with Gasteiger partial charge in [0.15, 0.2) is 0 Å². The molecule has 0 bridgehead atoms. The van der Waals surface area contributed by atoms with Crippen LogP contribution in [0.15, 0.2) is 41.8 Å². The molecule has 1 atom stereocenters. The third-order valence-corrected chi connectivity index (χ3v) is 5.09. The fraction of sp³-hybridized carbons (Fsp3) is 0.353. The van der Waals surface area contributed by atoms with Crippen LogP contribution in [-0.2, 0) is 27.3 Å². The molecule has 0 N–H and O–H groups in total. The number of esters is 1. The zero-order chi connectivity index (χ0) is 17.6. The molecule has 2 aromatic rings. The molecule has 132 valence electrons. The highest BCUT2D eigenvalue weighted by Crippen LogP contribution is 2.31. The molecule has 0 aliphatic carbocycles. The highest BCUT2D eigenvalue weighted by atomic mass is 32.1. The Hall–Kier alpha value is -2.45.